The summed E-state index contributed by atoms with van der Waals surface area (Å²) in [6, 6.07) is 11.5. The number of hydrogen-bond donors (Lipinski definition) is 0. The van der Waals surface area contributed by atoms with Crippen molar-refractivity contribution in [2.24, 2.45) is 5.92 Å². The van der Waals surface area contributed by atoms with E-state index in [-0.39, 0.29) is 30.6 Å². The third-order valence-electron chi connectivity index (χ3n) is 4.60. The number of rotatable bonds is 4. The fourth-order valence-corrected chi connectivity index (χ4v) is 3.13. The van der Waals surface area contributed by atoms with Crippen molar-refractivity contribution in [1.29, 1.82) is 0 Å². The summed E-state index contributed by atoms with van der Waals surface area (Å²) in [6.45, 7) is 6.26. The van der Waals surface area contributed by atoms with Gasteiger partial charge in [-0.3, -0.25) is 9.59 Å². The van der Waals surface area contributed by atoms with E-state index in [4.69, 9.17) is 4.74 Å². The molecule has 1 aliphatic heterocycles. The molecule has 4 nitrogen and oxygen atoms in total. The van der Waals surface area contributed by atoms with Crippen molar-refractivity contribution >= 4 is 17.6 Å². The Morgan fingerprint density at radius 3 is 2.54 bits per heavy atom. The molecule has 1 fully saturated rings. The Balaban J connectivity index is 1.75. The van der Waals surface area contributed by atoms with Gasteiger partial charge in [0.25, 0.3) is 0 Å². The highest BCUT2D eigenvalue weighted by molar-refractivity contribution is 5.99. The zero-order chi connectivity index (χ0) is 18.8. The van der Waals surface area contributed by atoms with Crippen LogP contribution in [0.5, 0.6) is 5.75 Å². The molecule has 1 amide bonds. The first-order valence-electron chi connectivity index (χ1n) is 8.73. The van der Waals surface area contributed by atoms with Crippen LogP contribution in [0.25, 0.3) is 0 Å². The van der Waals surface area contributed by atoms with E-state index in [0.29, 0.717) is 11.4 Å². The molecule has 2 aromatic rings. The molecule has 136 valence electrons. The zero-order valence-electron chi connectivity index (χ0n) is 15.2. The lowest BCUT2D eigenvalue weighted by molar-refractivity contribution is -0.139. The van der Waals surface area contributed by atoms with Crippen molar-refractivity contribution in [2.45, 2.75) is 33.1 Å². The number of amides is 1. The van der Waals surface area contributed by atoms with Crippen molar-refractivity contribution in [3.05, 3.63) is 59.4 Å². The number of aryl methyl sites for hydroxylation is 1. The lowest BCUT2D eigenvalue weighted by atomic mass is 10.0. The van der Waals surface area contributed by atoms with Gasteiger partial charge in [-0.15, -0.1) is 0 Å². The summed E-state index contributed by atoms with van der Waals surface area (Å²) in [6.07, 6.45) is 0.0963. The van der Waals surface area contributed by atoms with Crippen molar-refractivity contribution < 1.29 is 18.7 Å². The van der Waals surface area contributed by atoms with Gasteiger partial charge in [0, 0.05) is 18.7 Å². The van der Waals surface area contributed by atoms with Crippen molar-refractivity contribution in [3.63, 3.8) is 0 Å². The summed E-state index contributed by atoms with van der Waals surface area (Å²) in [5, 5.41) is 0. The Morgan fingerprint density at radius 2 is 1.88 bits per heavy atom. The third-order valence-corrected chi connectivity index (χ3v) is 4.60. The van der Waals surface area contributed by atoms with E-state index in [1.54, 1.807) is 12.1 Å². The maximum Gasteiger partial charge on any atom is 0.316 e. The van der Waals surface area contributed by atoms with Gasteiger partial charge >= 0.3 is 5.97 Å². The molecule has 0 unspecified atom stereocenters. The predicted molar refractivity (Wildman–Crippen MR) is 97.8 cm³/mol. The second kappa shape index (κ2) is 7.28. The second-order valence-corrected chi connectivity index (χ2v) is 7.00. The number of esters is 1. The highest BCUT2D eigenvalue weighted by atomic mass is 19.1. The average Bonchev–Trinajstić information content (AvgIpc) is 2.97. The molecular weight excluding hydrogens is 333 g/mol. The topological polar surface area (TPSA) is 46.6 Å². The van der Waals surface area contributed by atoms with Gasteiger partial charge < -0.3 is 9.64 Å². The molecule has 3 rings (SSSR count). The minimum absolute atomic E-state index is 0.0963. The van der Waals surface area contributed by atoms with Crippen LogP contribution in [0.2, 0.25) is 0 Å². The van der Waals surface area contributed by atoms with Gasteiger partial charge in [-0.25, -0.2) is 4.39 Å². The molecule has 0 bridgehead atoms. The molecule has 2 aromatic carbocycles. The first kappa shape index (κ1) is 18.1. The van der Waals surface area contributed by atoms with E-state index in [2.05, 4.69) is 0 Å². The highest BCUT2D eigenvalue weighted by Gasteiger charge is 2.36. The minimum Gasteiger partial charge on any atom is -0.426 e. The number of benzene rings is 2. The van der Waals surface area contributed by atoms with E-state index in [1.165, 1.54) is 17.0 Å². The van der Waals surface area contributed by atoms with Crippen molar-refractivity contribution in [2.75, 3.05) is 11.4 Å². The Morgan fingerprint density at radius 1 is 1.19 bits per heavy atom. The van der Waals surface area contributed by atoms with E-state index >= 15 is 0 Å². The van der Waals surface area contributed by atoms with Gasteiger partial charge in [0.15, 0.2) is 0 Å². The largest absolute Gasteiger partial charge is 0.426 e. The van der Waals surface area contributed by atoms with Gasteiger partial charge in [0.1, 0.15) is 11.6 Å². The Kier molecular flexibility index (Phi) is 5.07. The molecule has 1 heterocycles. The minimum atomic E-state index is -0.534. The highest BCUT2D eigenvalue weighted by Crippen LogP contribution is 2.30. The molecule has 26 heavy (non-hydrogen) atoms. The Labute approximate surface area is 152 Å². The average molecular weight is 355 g/mol. The van der Waals surface area contributed by atoms with Crippen LogP contribution < -0.4 is 9.64 Å². The van der Waals surface area contributed by atoms with Crippen LogP contribution in [0.4, 0.5) is 10.1 Å². The Bertz CT molecular complexity index is 830. The maximum atomic E-state index is 13.1. The monoisotopic (exact) mass is 355 g/mol. The summed E-state index contributed by atoms with van der Waals surface area (Å²) < 4.78 is 18.7. The molecule has 1 atom stereocenters. The molecule has 0 saturated carbocycles. The van der Waals surface area contributed by atoms with Crippen LogP contribution in [-0.2, 0) is 9.59 Å². The molecule has 0 N–H and O–H groups in total. The predicted octanol–water partition coefficient (Wildman–Crippen LogP) is 4.22. The summed E-state index contributed by atoms with van der Waals surface area (Å²) >= 11 is 0. The number of nitrogens with zero attached hydrogens (tertiary/aromatic N) is 1. The van der Waals surface area contributed by atoms with Crippen molar-refractivity contribution in [3.8, 4) is 5.75 Å². The first-order chi connectivity index (χ1) is 12.3. The lowest BCUT2D eigenvalue weighted by Crippen LogP contribution is -2.27. The molecular formula is C21H22FNO3. The maximum absolute atomic E-state index is 13.1. The number of carbonyl (C=O) groups is 2. The van der Waals surface area contributed by atoms with E-state index < -0.39 is 11.9 Å². The number of carbonyl (C=O) groups excluding carboxylic acids is 2. The molecule has 0 radical (unpaired) electrons. The van der Waals surface area contributed by atoms with Crippen LogP contribution >= 0.6 is 0 Å². The third kappa shape index (κ3) is 3.77. The molecule has 0 spiro atoms. The summed E-state index contributed by atoms with van der Waals surface area (Å²) in [5.41, 5.74) is 2.56. The van der Waals surface area contributed by atoms with Crippen LogP contribution in [0.15, 0.2) is 42.5 Å². The fraction of sp³-hybridized carbons (Fsp3) is 0.333. The quantitative estimate of drug-likeness (QED) is 0.609. The molecule has 0 aliphatic carbocycles. The van der Waals surface area contributed by atoms with Crippen LogP contribution in [0.1, 0.15) is 37.3 Å². The SMILES string of the molecule is Cc1ccc(C(C)C)c(OC(=O)[C@@H]2CC(=O)N(c3ccc(F)cc3)C2)c1. The van der Waals surface area contributed by atoms with E-state index in [9.17, 15) is 14.0 Å². The van der Waals surface area contributed by atoms with Crippen molar-refractivity contribution in [1.82, 2.24) is 0 Å². The van der Waals surface area contributed by atoms with E-state index in [1.807, 2.05) is 39.0 Å². The van der Waals surface area contributed by atoms with Crippen LogP contribution in [0.3, 0.4) is 0 Å². The van der Waals surface area contributed by atoms with Gasteiger partial charge in [-0.2, -0.15) is 0 Å². The normalized spacial score (nSPS) is 17.0. The molecule has 0 aromatic heterocycles. The van der Waals surface area contributed by atoms with Crippen LogP contribution in [0, 0.1) is 18.7 Å². The Hall–Kier alpha value is -2.69. The summed E-state index contributed by atoms with van der Waals surface area (Å²) in [5.74, 6) is -0.690. The first-order valence-corrected chi connectivity index (χ1v) is 8.73. The molecule has 1 saturated heterocycles. The fourth-order valence-electron chi connectivity index (χ4n) is 3.13. The standard InChI is InChI=1S/C21H22FNO3/c1-13(2)18-9-4-14(3)10-19(18)26-21(25)15-11-20(24)23(12-15)17-7-5-16(22)6-8-17/h4-10,13,15H,11-12H2,1-3H3/t15-/m1/s1. The lowest BCUT2D eigenvalue weighted by Gasteiger charge is -2.17. The smallest absolute Gasteiger partial charge is 0.316 e. The van der Waals surface area contributed by atoms with Gasteiger partial charge in [0.05, 0.1) is 5.92 Å². The molecule has 5 heteroatoms. The van der Waals surface area contributed by atoms with Gasteiger partial charge in [-0.05, 0) is 54.3 Å². The van der Waals surface area contributed by atoms with E-state index in [0.717, 1.165) is 11.1 Å². The zero-order valence-corrected chi connectivity index (χ0v) is 15.2. The number of hydrogen-bond acceptors (Lipinski definition) is 3. The number of anilines is 1. The summed E-state index contributed by atoms with van der Waals surface area (Å²) in [4.78, 5) is 26.4. The number of ether oxygens (including phenoxy) is 1. The number of halogens is 1. The summed E-state index contributed by atoms with van der Waals surface area (Å²) in [7, 11) is 0. The second-order valence-electron chi connectivity index (χ2n) is 7.00. The van der Waals surface area contributed by atoms with Gasteiger partial charge in [-0.1, -0.05) is 26.0 Å². The molecule has 1 aliphatic rings. The van der Waals surface area contributed by atoms with Crippen LogP contribution in [-0.4, -0.2) is 18.4 Å². The van der Waals surface area contributed by atoms with Gasteiger partial charge in [0.2, 0.25) is 5.91 Å².